The molecule has 0 radical (unpaired) electrons. The van der Waals surface area contributed by atoms with E-state index in [-0.39, 0.29) is 23.8 Å². The highest BCUT2D eigenvalue weighted by Gasteiger charge is 2.32. The van der Waals surface area contributed by atoms with Gasteiger partial charge < -0.3 is 9.80 Å². The van der Waals surface area contributed by atoms with Crippen molar-refractivity contribution in [3.63, 3.8) is 0 Å². The first-order chi connectivity index (χ1) is 11.4. The van der Waals surface area contributed by atoms with E-state index in [4.69, 9.17) is 0 Å². The molecule has 1 amide bonds. The fourth-order valence-corrected chi connectivity index (χ4v) is 2.89. The molecule has 2 aromatic heterocycles. The molecule has 2 aromatic rings. The van der Waals surface area contributed by atoms with E-state index < -0.39 is 11.9 Å². The minimum absolute atomic E-state index is 0. The van der Waals surface area contributed by atoms with Gasteiger partial charge in [0.1, 0.15) is 11.5 Å². The molecule has 3 rings (SSSR count). The van der Waals surface area contributed by atoms with Crippen LogP contribution in [0.25, 0.3) is 10.9 Å². The van der Waals surface area contributed by atoms with Crippen LogP contribution in [0.3, 0.4) is 0 Å². The zero-order chi connectivity index (χ0) is 17.3. The fraction of sp³-hybridized carbons (Fsp3) is 0.438. The molecule has 0 bridgehead atoms. The maximum absolute atomic E-state index is 12.8. The number of aromatic nitrogens is 2. The van der Waals surface area contributed by atoms with Crippen molar-refractivity contribution in [1.29, 1.82) is 0 Å². The molecular formula is C16H18ClF3N4O. The summed E-state index contributed by atoms with van der Waals surface area (Å²) in [6, 6.07) is 3.88. The number of pyridine rings is 2. The summed E-state index contributed by atoms with van der Waals surface area (Å²) >= 11 is 0. The van der Waals surface area contributed by atoms with Crippen molar-refractivity contribution in [1.82, 2.24) is 14.9 Å². The fourth-order valence-electron chi connectivity index (χ4n) is 2.89. The topological polar surface area (TPSA) is 49.3 Å². The van der Waals surface area contributed by atoms with Crippen molar-refractivity contribution in [2.45, 2.75) is 19.5 Å². The summed E-state index contributed by atoms with van der Waals surface area (Å²) < 4.78 is 38.5. The predicted octanol–water partition coefficient (Wildman–Crippen LogP) is 3.13. The molecule has 136 valence electrons. The van der Waals surface area contributed by atoms with Gasteiger partial charge >= 0.3 is 6.18 Å². The van der Waals surface area contributed by atoms with E-state index in [1.165, 1.54) is 25.3 Å². The number of nitrogens with zero attached hydrogens (tertiary/aromatic N) is 4. The molecule has 9 heteroatoms. The highest BCUT2D eigenvalue weighted by molar-refractivity contribution is 5.89. The van der Waals surface area contributed by atoms with Crippen LogP contribution in [0.1, 0.15) is 19.0 Å². The Bertz CT molecular complexity index is 769. The quantitative estimate of drug-likeness (QED) is 0.769. The molecule has 1 aliphatic heterocycles. The lowest BCUT2D eigenvalue weighted by atomic mass is 10.2. The summed E-state index contributed by atoms with van der Waals surface area (Å²) in [5.41, 5.74) is -0.645. The van der Waals surface area contributed by atoms with Gasteiger partial charge in [0, 0.05) is 44.7 Å². The Morgan fingerprint density at radius 1 is 1.12 bits per heavy atom. The second kappa shape index (κ2) is 7.43. The van der Waals surface area contributed by atoms with E-state index in [1.807, 2.05) is 4.90 Å². The van der Waals surface area contributed by atoms with E-state index in [0.717, 1.165) is 12.5 Å². The molecule has 0 atom stereocenters. The van der Waals surface area contributed by atoms with Crippen LogP contribution in [-0.2, 0) is 11.0 Å². The summed E-state index contributed by atoms with van der Waals surface area (Å²) in [7, 11) is 0. The minimum Gasteiger partial charge on any atom is -0.354 e. The Balaban J connectivity index is 0.00000225. The second-order valence-corrected chi connectivity index (χ2v) is 5.74. The van der Waals surface area contributed by atoms with Crippen molar-refractivity contribution in [3.05, 3.63) is 30.1 Å². The molecule has 0 unspecified atom stereocenters. The molecule has 3 heterocycles. The first kappa shape index (κ1) is 19.2. The lowest BCUT2D eigenvalue weighted by molar-refractivity contribution is -0.141. The van der Waals surface area contributed by atoms with E-state index in [2.05, 4.69) is 9.97 Å². The van der Waals surface area contributed by atoms with Gasteiger partial charge in [-0.25, -0.2) is 9.97 Å². The number of carbonyl (C=O) groups is 1. The zero-order valence-electron chi connectivity index (χ0n) is 13.6. The zero-order valence-corrected chi connectivity index (χ0v) is 14.4. The smallest absolute Gasteiger partial charge is 0.354 e. The summed E-state index contributed by atoms with van der Waals surface area (Å²) in [5.74, 6) is 0.637. The van der Waals surface area contributed by atoms with E-state index in [9.17, 15) is 18.0 Å². The maximum atomic E-state index is 12.8. The van der Waals surface area contributed by atoms with E-state index in [1.54, 1.807) is 4.90 Å². The minimum atomic E-state index is -4.47. The van der Waals surface area contributed by atoms with Crippen molar-refractivity contribution in [3.8, 4) is 0 Å². The average Bonchev–Trinajstić information content (AvgIpc) is 2.79. The third-order valence-electron chi connectivity index (χ3n) is 4.13. The summed E-state index contributed by atoms with van der Waals surface area (Å²) in [6.45, 7) is 4.06. The van der Waals surface area contributed by atoms with Crippen molar-refractivity contribution < 1.29 is 18.0 Å². The number of rotatable bonds is 1. The first-order valence-corrected chi connectivity index (χ1v) is 7.69. The number of amides is 1. The molecule has 0 spiro atoms. The third-order valence-corrected chi connectivity index (χ3v) is 4.13. The van der Waals surface area contributed by atoms with E-state index in [0.29, 0.717) is 37.4 Å². The van der Waals surface area contributed by atoms with E-state index >= 15 is 0 Å². The van der Waals surface area contributed by atoms with Crippen LogP contribution < -0.4 is 4.90 Å². The lowest BCUT2D eigenvalue weighted by Crippen LogP contribution is -2.33. The highest BCUT2D eigenvalue weighted by atomic mass is 35.5. The van der Waals surface area contributed by atoms with Gasteiger partial charge in [0.15, 0.2) is 0 Å². The number of carbonyl (C=O) groups excluding carboxylic acids is 1. The maximum Gasteiger partial charge on any atom is 0.433 e. The van der Waals surface area contributed by atoms with Crippen LogP contribution in [0.4, 0.5) is 19.0 Å². The average molecular weight is 375 g/mol. The number of hydrogen-bond donors (Lipinski definition) is 0. The Labute approximate surface area is 149 Å². The third kappa shape index (κ3) is 4.12. The van der Waals surface area contributed by atoms with Crippen LogP contribution in [0.5, 0.6) is 0 Å². The molecule has 0 N–H and O–H groups in total. The molecule has 1 aliphatic rings. The molecule has 0 saturated carbocycles. The van der Waals surface area contributed by atoms with Gasteiger partial charge in [-0.1, -0.05) is 0 Å². The monoisotopic (exact) mass is 374 g/mol. The largest absolute Gasteiger partial charge is 0.433 e. The van der Waals surface area contributed by atoms with Crippen molar-refractivity contribution >= 4 is 35.0 Å². The Hall–Kier alpha value is -2.09. The molecule has 0 aliphatic carbocycles. The molecule has 1 saturated heterocycles. The SMILES string of the molecule is CC(=O)N1CCCN(c2nccc3nc(C(F)(F)F)ccc23)CC1.Cl. The van der Waals surface area contributed by atoms with Crippen LogP contribution >= 0.6 is 12.4 Å². The van der Waals surface area contributed by atoms with Crippen LogP contribution in [0.2, 0.25) is 0 Å². The summed E-state index contributed by atoms with van der Waals surface area (Å²) in [5, 5.41) is 0.585. The Kier molecular flexibility index (Phi) is 5.72. The second-order valence-electron chi connectivity index (χ2n) is 5.74. The molecule has 0 aromatic carbocycles. The van der Waals surface area contributed by atoms with Gasteiger partial charge in [-0.2, -0.15) is 13.2 Å². The molecule has 5 nitrogen and oxygen atoms in total. The standard InChI is InChI=1S/C16H17F3N4O.ClH/c1-11(24)22-7-2-8-23(10-9-22)15-12-3-4-14(16(17,18)19)21-13(12)5-6-20-15;/h3-6H,2,7-10H2,1H3;1H. The Morgan fingerprint density at radius 3 is 2.56 bits per heavy atom. The van der Waals surface area contributed by atoms with Crippen molar-refractivity contribution in [2.75, 3.05) is 31.1 Å². The van der Waals surface area contributed by atoms with Gasteiger partial charge in [-0.3, -0.25) is 4.79 Å². The number of halogens is 4. The van der Waals surface area contributed by atoms with Gasteiger partial charge in [-0.05, 0) is 24.6 Å². The lowest BCUT2D eigenvalue weighted by Gasteiger charge is -2.23. The highest BCUT2D eigenvalue weighted by Crippen LogP contribution is 2.31. The number of anilines is 1. The van der Waals surface area contributed by atoms with Gasteiger partial charge in [-0.15, -0.1) is 12.4 Å². The van der Waals surface area contributed by atoms with Crippen molar-refractivity contribution in [2.24, 2.45) is 0 Å². The van der Waals surface area contributed by atoms with Gasteiger partial charge in [0.25, 0.3) is 0 Å². The van der Waals surface area contributed by atoms with Crippen LogP contribution in [0, 0.1) is 0 Å². The first-order valence-electron chi connectivity index (χ1n) is 7.69. The van der Waals surface area contributed by atoms with Crippen LogP contribution in [0.15, 0.2) is 24.4 Å². The number of hydrogen-bond acceptors (Lipinski definition) is 4. The van der Waals surface area contributed by atoms with Gasteiger partial charge in [0.05, 0.1) is 5.52 Å². The predicted molar refractivity (Wildman–Crippen MR) is 90.9 cm³/mol. The Morgan fingerprint density at radius 2 is 1.88 bits per heavy atom. The summed E-state index contributed by atoms with van der Waals surface area (Å²) in [4.78, 5) is 23.3. The van der Waals surface area contributed by atoms with Gasteiger partial charge in [0.2, 0.25) is 5.91 Å². The normalized spacial score (nSPS) is 15.7. The summed E-state index contributed by atoms with van der Waals surface area (Å²) in [6.07, 6.45) is -2.22. The number of alkyl halides is 3. The molecule has 25 heavy (non-hydrogen) atoms. The number of fused-ring (bicyclic) bond motifs is 1. The molecular weight excluding hydrogens is 357 g/mol. The van der Waals surface area contributed by atoms with Crippen LogP contribution in [-0.4, -0.2) is 47.0 Å². The molecule has 1 fully saturated rings.